The monoisotopic (exact) mass is 438 g/mol. The summed E-state index contributed by atoms with van der Waals surface area (Å²) in [4.78, 5) is 11.3. The molecule has 0 amide bonds. The molecule has 0 radical (unpaired) electrons. The summed E-state index contributed by atoms with van der Waals surface area (Å²) in [5.41, 5.74) is -2.68. The zero-order valence-electron chi connectivity index (χ0n) is 12.7. The Balaban J connectivity index is 2.13. The van der Waals surface area contributed by atoms with E-state index in [4.69, 9.17) is 4.74 Å². The second kappa shape index (κ2) is 6.29. The highest BCUT2D eigenvalue weighted by Gasteiger charge is 2.40. The van der Waals surface area contributed by atoms with Gasteiger partial charge in [0.15, 0.2) is 0 Å². The summed E-state index contributed by atoms with van der Waals surface area (Å²) in [6, 6.07) is 7.37. The molecule has 0 N–H and O–H groups in total. The number of alkyl halides is 7. The molecule has 2 nitrogen and oxygen atoms in total. The third kappa shape index (κ3) is 3.44. The third-order valence-electron chi connectivity index (χ3n) is 3.92. The maximum absolute atomic E-state index is 13.0. The first-order valence-corrected chi connectivity index (χ1v) is 8.13. The number of rotatable bonds is 1. The Labute approximate surface area is 151 Å². The van der Waals surface area contributed by atoms with Crippen molar-refractivity contribution < 1.29 is 35.9 Å². The number of halogens is 7. The van der Waals surface area contributed by atoms with E-state index in [9.17, 15) is 31.1 Å². The first kappa shape index (κ1) is 18.8. The molecule has 0 saturated heterocycles. The molecule has 0 aliphatic carbocycles. The van der Waals surface area contributed by atoms with Gasteiger partial charge < -0.3 is 4.74 Å². The van der Waals surface area contributed by atoms with Crippen molar-refractivity contribution in [1.29, 1.82) is 0 Å². The Morgan fingerprint density at radius 3 is 1.96 bits per heavy atom. The van der Waals surface area contributed by atoms with Crippen molar-refractivity contribution in [3.8, 4) is 0 Å². The minimum Gasteiger partial charge on any atom is -0.452 e. The van der Waals surface area contributed by atoms with Crippen LogP contribution in [0.5, 0.6) is 0 Å². The van der Waals surface area contributed by atoms with Crippen molar-refractivity contribution in [2.75, 3.05) is 0 Å². The van der Waals surface area contributed by atoms with E-state index >= 15 is 0 Å². The standard InChI is InChI=1S/C17H9BrF6O2/c18-13-11-3-1-2-4-12(11)15(25)26-14(13)8-5-9(16(19,20)21)7-10(6-8)17(22,23)24/h1-7,13-14H. The zero-order chi connectivity index (χ0) is 19.3. The van der Waals surface area contributed by atoms with Crippen LogP contribution >= 0.6 is 15.9 Å². The first-order chi connectivity index (χ1) is 12.0. The molecule has 9 heteroatoms. The number of carbonyl (C=O) groups is 1. The van der Waals surface area contributed by atoms with E-state index in [0.29, 0.717) is 17.7 Å². The Morgan fingerprint density at radius 1 is 0.885 bits per heavy atom. The molecule has 2 atom stereocenters. The van der Waals surface area contributed by atoms with E-state index in [1.807, 2.05) is 0 Å². The van der Waals surface area contributed by atoms with Gasteiger partial charge >= 0.3 is 18.3 Å². The molecule has 0 fully saturated rings. The molecule has 1 aliphatic rings. The predicted molar refractivity (Wildman–Crippen MR) is 82.7 cm³/mol. The summed E-state index contributed by atoms with van der Waals surface area (Å²) in [6.45, 7) is 0. The van der Waals surface area contributed by atoms with Gasteiger partial charge in [-0.2, -0.15) is 26.3 Å². The number of carbonyl (C=O) groups excluding carboxylic acids is 1. The van der Waals surface area contributed by atoms with Gasteiger partial charge in [-0.25, -0.2) is 4.79 Å². The van der Waals surface area contributed by atoms with Gasteiger partial charge in [-0.3, -0.25) is 0 Å². The van der Waals surface area contributed by atoms with Crippen LogP contribution in [-0.4, -0.2) is 5.97 Å². The third-order valence-corrected chi connectivity index (χ3v) is 4.89. The van der Waals surface area contributed by atoms with Crippen molar-refractivity contribution in [2.45, 2.75) is 23.3 Å². The number of hydrogen-bond acceptors (Lipinski definition) is 2. The fourth-order valence-electron chi connectivity index (χ4n) is 2.71. The predicted octanol–water partition coefficient (Wildman–Crippen LogP) is 6.07. The van der Waals surface area contributed by atoms with Gasteiger partial charge in [-0.05, 0) is 35.4 Å². The van der Waals surface area contributed by atoms with E-state index in [1.165, 1.54) is 6.07 Å². The Bertz CT molecular complexity index is 827. The van der Waals surface area contributed by atoms with Crippen LogP contribution in [0.25, 0.3) is 0 Å². The maximum Gasteiger partial charge on any atom is 0.416 e. The molecule has 0 spiro atoms. The van der Waals surface area contributed by atoms with Crippen molar-refractivity contribution >= 4 is 21.9 Å². The highest BCUT2D eigenvalue weighted by Crippen LogP contribution is 2.46. The topological polar surface area (TPSA) is 26.3 Å². The summed E-state index contributed by atoms with van der Waals surface area (Å²) in [7, 11) is 0. The summed E-state index contributed by atoms with van der Waals surface area (Å²) < 4.78 is 83.3. The highest BCUT2D eigenvalue weighted by molar-refractivity contribution is 9.09. The van der Waals surface area contributed by atoms with Crippen LogP contribution < -0.4 is 0 Å². The summed E-state index contributed by atoms with van der Waals surface area (Å²) in [6.07, 6.45) is -11.3. The molecule has 0 saturated carbocycles. The number of esters is 1. The number of fused-ring (bicyclic) bond motifs is 1. The molecular formula is C17H9BrF6O2. The van der Waals surface area contributed by atoms with E-state index < -0.39 is 45.9 Å². The maximum atomic E-state index is 13.0. The Hall–Kier alpha value is -2.03. The molecule has 2 aromatic rings. The van der Waals surface area contributed by atoms with Gasteiger partial charge in [0.05, 0.1) is 21.5 Å². The van der Waals surface area contributed by atoms with Crippen LogP contribution in [0, 0.1) is 0 Å². The van der Waals surface area contributed by atoms with Crippen LogP contribution in [-0.2, 0) is 17.1 Å². The lowest BCUT2D eigenvalue weighted by Gasteiger charge is -2.30. The largest absolute Gasteiger partial charge is 0.452 e. The molecule has 0 aromatic heterocycles. The van der Waals surface area contributed by atoms with Crippen LogP contribution in [0.15, 0.2) is 42.5 Å². The van der Waals surface area contributed by atoms with E-state index in [2.05, 4.69) is 15.9 Å². The average Bonchev–Trinajstić information content (AvgIpc) is 2.56. The van der Waals surface area contributed by atoms with Crippen LogP contribution in [0.4, 0.5) is 26.3 Å². The normalized spacial score (nSPS) is 20.5. The lowest BCUT2D eigenvalue weighted by atomic mass is 9.92. The highest BCUT2D eigenvalue weighted by atomic mass is 79.9. The minimum absolute atomic E-state index is 0.0331. The van der Waals surface area contributed by atoms with Gasteiger partial charge in [-0.15, -0.1) is 0 Å². The van der Waals surface area contributed by atoms with Crippen molar-refractivity contribution in [3.63, 3.8) is 0 Å². The molecule has 1 heterocycles. The number of hydrogen-bond donors (Lipinski definition) is 0. The fourth-order valence-corrected chi connectivity index (χ4v) is 3.52. The number of benzene rings is 2. The molecule has 1 aliphatic heterocycles. The van der Waals surface area contributed by atoms with Gasteiger partial charge in [-0.1, -0.05) is 34.1 Å². The Kier molecular flexibility index (Phi) is 4.54. The summed E-state index contributed by atoms with van der Waals surface area (Å²) >= 11 is 3.23. The molecule has 0 bridgehead atoms. The molecular weight excluding hydrogens is 430 g/mol. The van der Waals surface area contributed by atoms with Crippen LogP contribution in [0.2, 0.25) is 0 Å². The first-order valence-electron chi connectivity index (χ1n) is 7.22. The second-order valence-corrected chi connectivity index (χ2v) is 6.64. The van der Waals surface area contributed by atoms with Gasteiger partial charge in [0, 0.05) is 0 Å². The Morgan fingerprint density at radius 2 is 1.42 bits per heavy atom. The molecule has 26 heavy (non-hydrogen) atoms. The molecule has 138 valence electrons. The minimum atomic E-state index is -4.98. The molecule has 2 aromatic carbocycles. The van der Waals surface area contributed by atoms with Gasteiger partial charge in [0.25, 0.3) is 0 Å². The summed E-state index contributed by atoms with van der Waals surface area (Å²) in [5, 5.41) is 0. The molecule has 2 unspecified atom stereocenters. The smallest absolute Gasteiger partial charge is 0.416 e. The van der Waals surface area contributed by atoms with Crippen LogP contribution in [0.1, 0.15) is 43.5 Å². The lowest BCUT2D eigenvalue weighted by molar-refractivity contribution is -0.143. The zero-order valence-corrected chi connectivity index (χ0v) is 14.2. The van der Waals surface area contributed by atoms with E-state index in [0.717, 1.165) is 0 Å². The van der Waals surface area contributed by atoms with E-state index in [1.54, 1.807) is 18.2 Å². The molecule has 3 rings (SSSR count). The van der Waals surface area contributed by atoms with E-state index in [-0.39, 0.29) is 11.6 Å². The quantitative estimate of drug-likeness (QED) is 0.306. The second-order valence-electron chi connectivity index (χ2n) is 5.65. The van der Waals surface area contributed by atoms with Crippen molar-refractivity contribution in [1.82, 2.24) is 0 Å². The van der Waals surface area contributed by atoms with Crippen molar-refractivity contribution in [2.24, 2.45) is 0 Å². The van der Waals surface area contributed by atoms with Crippen molar-refractivity contribution in [3.05, 3.63) is 70.3 Å². The SMILES string of the molecule is O=C1OC(c2cc(C(F)(F)F)cc(C(F)(F)F)c2)C(Br)c2ccccc21. The number of cyclic esters (lactones) is 1. The van der Waals surface area contributed by atoms with Gasteiger partial charge in [0.1, 0.15) is 6.10 Å². The van der Waals surface area contributed by atoms with Crippen LogP contribution in [0.3, 0.4) is 0 Å². The number of ether oxygens (including phenoxy) is 1. The fraction of sp³-hybridized carbons (Fsp3) is 0.235. The summed E-state index contributed by atoms with van der Waals surface area (Å²) in [5.74, 6) is -0.813. The average molecular weight is 439 g/mol. The lowest BCUT2D eigenvalue weighted by Crippen LogP contribution is -2.24. The van der Waals surface area contributed by atoms with Gasteiger partial charge in [0.2, 0.25) is 0 Å².